The molecule has 1 nitrogen and oxygen atoms in total. The van der Waals surface area contributed by atoms with Crippen LogP contribution in [0.5, 0.6) is 0 Å². The Morgan fingerprint density at radius 1 is 1.36 bits per heavy atom. The van der Waals surface area contributed by atoms with E-state index >= 15 is 0 Å². The molecule has 0 N–H and O–H groups in total. The number of nitrogens with zero attached hydrogens (tertiary/aromatic N) is 1. The number of benzene rings is 1. The van der Waals surface area contributed by atoms with Gasteiger partial charge in [-0.3, -0.25) is 0 Å². The van der Waals surface area contributed by atoms with Crippen LogP contribution in [-0.2, 0) is 6.54 Å². The van der Waals surface area contributed by atoms with Gasteiger partial charge in [0, 0.05) is 22.4 Å². The second-order valence-electron chi connectivity index (χ2n) is 3.57. The van der Waals surface area contributed by atoms with Gasteiger partial charge in [0.25, 0.3) is 0 Å². The third kappa shape index (κ3) is 4.11. The molecule has 0 aliphatic heterocycles. The van der Waals surface area contributed by atoms with Crippen molar-refractivity contribution in [3.8, 4) is 0 Å². The van der Waals surface area contributed by atoms with Crippen molar-refractivity contribution in [1.82, 2.24) is 4.90 Å². The fourth-order valence-corrected chi connectivity index (χ4v) is 2.32. The first-order chi connectivity index (χ1) is 6.59. The zero-order valence-electron chi connectivity index (χ0n) is 8.50. The number of alkyl halides is 1. The van der Waals surface area contributed by atoms with Crippen molar-refractivity contribution in [2.24, 2.45) is 0 Å². The van der Waals surface area contributed by atoms with Crippen LogP contribution >= 0.6 is 31.9 Å². The molecule has 1 atom stereocenters. The fourth-order valence-electron chi connectivity index (χ4n) is 1.41. The quantitative estimate of drug-likeness (QED) is 0.765. The summed E-state index contributed by atoms with van der Waals surface area (Å²) < 4.78 is 1.19. The molecule has 14 heavy (non-hydrogen) atoms. The summed E-state index contributed by atoms with van der Waals surface area (Å²) in [5.74, 6) is 0. The van der Waals surface area contributed by atoms with Crippen molar-refractivity contribution < 1.29 is 0 Å². The van der Waals surface area contributed by atoms with Crippen molar-refractivity contribution in [1.29, 1.82) is 0 Å². The van der Waals surface area contributed by atoms with Crippen molar-refractivity contribution in [3.05, 3.63) is 34.3 Å². The first-order valence-corrected chi connectivity index (χ1v) is 6.36. The van der Waals surface area contributed by atoms with Gasteiger partial charge in [0.1, 0.15) is 0 Å². The van der Waals surface area contributed by atoms with Gasteiger partial charge in [0.05, 0.1) is 0 Å². The second-order valence-corrected chi connectivity index (χ2v) is 5.99. The van der Waals surface area contributed by atoms with E-state index in [2.05, 4.69) is 68.9 Å². The molecule has 0 fully saturated rings. The molecule has 0 aliphatic rings. The first-order valence-electron chi connectivity index (χ1n) is 4.65. The molecule has 0 saturated carbocycles. The van der Waals surface area contributed by atoms with Gasteiger partial charge in [-0.1, -0.05) is 57.0 Å². The molecule has 78 valence electrons. The molecular weight excluding hydrogens is 306 g/mol. The van der Waals surface area contributed by atoms with Crippen LogP contribution in [0, 0.1) is 0 Å². The third-order valence-corrected chi connectivity index (χ3v) is 3.02. The summed E-state index contributed by atoms with van der Waals surface area (Å²) in [6, 6.07) is 8.35. The molecule has 1 aromatic carbocycles. The molecule has 0 heterocycles. The van der Waals surface area contributed by atoms with Crippen molar-refractivity contribution in [2.75, 3.05) is 13.6 Å². The Labute approximate surface area is 103 Å². The zero-order chi connectivity index (χ0) is 10.6. The maximum absolute atomic E-state index is 3.55. The first kappa shape index (κ1) is 12.2. The van der Waals surface area contributed by atoms with Crippen molar-refractivity contribution >= 4 is 31.9 Å². The average molecular weight is 321 g/mol. The Kier molecular flexibility index (Phi) is 5.13. The molecule has 0 radical (unpaired) electrons. The van der Waals surface area contributed by atoms with E-state index in [1.807, 2.05) is 6.07 Å². The van der Waals surface area contributed by atoms with Crippen LogP contribution in [0.25, 0.3) is 0 Å². The molecule has 0 amide bonds. The Morgan fingerprint density at radius 3 is 2.57 bits per heavy atom. The molecule has 0 aliphatic carbocycles. The lowest BCUT2D eigenvalue weighted by atomic mass is 10.2. The van der Waals surface area contributed by atoms with Crippen LogP contribution in [-0.4, -0.2) is 23.3 Å². The molecule has 3 heteroatoms. The van der Waals surface area contributed by atoms with Gasteiger partial charge in [-0.15, -0.1) is 0 Å². The minimum Gasteiger partial charge on any atom is -0.301 e. The average Bonchev–Trinajstić information content (AvgIpc) is 2.07. The van der Waals surface area contributed by atoms with Crippen LogP contribution < -0.4 is 0 Å². The third-order valence-electron chi connectivity index (χ3n) is 1.96. The van der Waals surface area contributed by atoms with Crippen LogP contribution in [0.3, 0.4) is 0 Å². The fraction of sp³-hybridized carbons (Fsp3) is 0.455. The summed E-state index contributed by atoms with van der Waals surface area (Å²) >= 11 is 7.11. The summed E-state index contributed by atoms with van der Waals surface area (Å²) in [4.78, 5) is 2.84. The smallest absolute Gasteiger partial charge is 0.0244 e. The maximum atomic E-state index is 3.55. The summed E-state index contributed by atoms with van der Waals surface area (Å²) in [5.41, 5.74) is 1.34. The Bertz CT molecular complexity index is 286. The number of hydrogen-bond acceptors (Lipinski definition) is 1. The highest BCUT2D eigenvalue weighted by molar-refractivity contribution is 9.10. The van der Waals surface area contributed by atoms with Crippen LogP contribution in [0.15, 0.2) is 28.7 Å². The predicted molar refractivity (Wildman–Crippen MR) is 68.9 cm³/mol. The van der Waals surface area contributed by atoms with Gasteiger partial charge in [-0.05, 0) is 18.7 Å². The van der Waals surface area contributed by atoms with Gasteiger partial charge in [0.2, 0.25) is 0 Å². The lowest BCUT2D eigenvalue weighted by molar-refractivity contribution is 0.332. The van der Waals surface area contributed by atoms with Gasteiger partial charge in [-0.25, -0.2) is 0 Å². The van der Waals surface area contributed by atoms with E-state index in [0.717, 1.165) is 13.1 Å². The van der Waals surface area contributed by atoms with Gasteiger partial charge < -0.3 is 4.90 Å². The van der Waals surface area contributed by atoms with Gasteiger partial charge >= 0.3 is 0 Å². The summed E-state index contributed by atoms with van der Waals surface area (Å²) in [7, 11) is 2.14. The van der Waals surface area contributed by atoms with E-state index in [9.17, 15) is 0 Å². The summed E-state index contributed by atoms with van der Waals surface area (Å²) in [5, 5.41) is 0. The Morgan fingerprint density at radius 2 is 2.00 bits per heavy atom. The number of hydrogen-bond donors (Lipinski definition) is 0. The van der Waals surface area contributed by atoms with E-state index in [-0.39, 0.29) is 0 Å². The lowest BCUT2D eigenvalue weighted by Gasteiger charge is -2.18. The predicted octanol–water partition coefficient (Wildman–Crippen LogP) is 3.66. The highest BCUT2D eigenvalue weighted by Gasteiger charge is 2.05. The molecule has 0 saturated heterocycles. The Balaban J connectivity index is 2.56. The van der Waals surface area contributed by atoms with Crippen molar-refractivity contribution in [3.63, 3.8) is 0 Å². The standard InChI is InChI=1S/C11H15Br2N/c1-9(12)7-14(2)8-10-5-3-4-6-11(10)13/h3-6,9H,7-8H2,1-2H3. The molecule has 1 rings (SSSR count). The summed E-state index contributed by atoms with van der Waals surface area (Å²) in [6.45, 7) is 4.20. The largest absolute Gasteiger partial charge is 0.301 e. The topological polar surface area (TPSA) is 3.24 Å². The van der Waals surface area contributed by atoms with E-state index < -0.39 is 0 Å². The minimum atomic E-state index is 0.537. The van der Waals surface area contributed by atoms with Crippen LogP contribution in [0.2, 0.25) is 0 Å². The highest BCUT2D eigenvalue weighted by Crippen LogP contribution is 2.17. The van der Waals surface area contributed by atoms with Gasteiger partial charge in [0.15, 0.2) is 0 Å². The van der Waals surface area contributed by atoms with E-state index in [0.29, 0.717) is 4.83 Å². The SMILES string of the molecule is CC(Br)CN(C)Cc1ccccc1Br. The molecule has 0 spiro atoms. The maximum Gasteiger partial charge on any atom is 0.0244 e. The van der Waals surface area contributed by atoms with E-state index in [1.165, 1.54) is 10.0 Å². The van der Waals surface area contributed by atoms with Crippen LogP contribution in [0.4, 0.5) is 0 Å². The molecular formula is C11H15Br2N. The normalized spacial score (nSPS) is 13.2. The van der Waals surface area contributed by atoms with E-state index in [1.54, 1.807) is 0 Å². The molecule has 1 unspecified atom stereocenters. The minimum absolute atomic E-state index is 0.537. The highest BCUT2D eigenvalue weighted by atomic mass is 79.9. The number of rotatable bonds is 4. The monoisotopic (exact) mass is 319 g/mol. The zero-order valence-corrected chi connectivity index (χ0v) is 11.7. The second kappa shape index (κ2) is 5.89. The van der Waals surface area contributed by atoms with Crippen molar-refractivity contribution in [2.45, 2.75) is 18.3 Å². The van der Waals surface area contributed by atoms with Crippen LogP contribution in [0.1, 0.15) is 12.5 Å². The number of halogens is 2. The van der Waals surface area contributed by atoms with E-state index in [4.69, 9.17) is 0 Å². The molecule has 0 bridgehead atoms. The Hall–Kier alpha value is 0.140. The van der Waals surface area contributed by atoms with Gasteiger partial charge in [-0.2, -0.15) is 0 Å². The summed E-state index contributed by atoms with van der Waals surface area (Å²) in [6.07, 6.45) is 0. The molecule has 0 aromatic heterocycles. The lowest BCUT2D eigenvalue weighted by Crippen LogP contribution is -2.24. The molecule has 1 aromatic rings.